The molecule has 5 rings (SSSR count). The van der Waals surface area contributed by atoms with Crippen molar-refractivity contribution < 1.29 is 9.59 Å². The number of amidine groups is 1. The molecular weight excluding hydrogens is 470 g/mol. The van der Waals surface area contributed by atoms with E-state index in [1.807, 2.05) is 91.9 Å². The summed E-state index contributed by atoms with van der Waals surface area (Å²) in [6.07, 6.45) is 1.00. The van der Waals surface area contributed by atoms with Crippen LogP contribution in [-0.2, 0) is 4.79 Å². The first-order valence-electron chi connectivity index (χ1n) is 11.9. The van der Waals surface area contributed by atoms with E-state index in [1.54, 1.807) is 11.8 Å². The second-order valence-electron chi connectivity index (χ2n) is 8.58. The van der Waals surface area contributed by atoms with E-state index in [4.69, 9.17) is 4.99 Å². The van der Waals surface area contributed by atoms with E-state index in [0.29, 0.717) is 22.6 Å². The first-order chi connectivity index (χ1) is 17.6. The van der Waals surface area contributed by atoms with Crippen LogP contribution in [-0.4, -0.2) is 34.3 Å². The van der Waals surface area contributed by atoms with Gasteiger partial charge in [-0.3, -0.25) is 4.79 Å². The maximum atomic E-state index is 13.6. The topological polar surface area (TPSA) is 85.8 Å². The molecule has 2 heterocycles. The summed E-state index contributed by atoms with van der Waals surface area (Å²) in [5.74, 6) is 0.824. The monoisotopic (exact) mass is 497 g/mol. The molecule has 36 heavy (non-hydrogen) atoms. The number of carbonyl (C=O) groups excluding carboxylic acids is 2. The van der Waals surface area contributed by atoms with Crippen molar-refractivity contribution >= 4 is 45.9 Å². The van der Waals surface area contributed by atoms with Crippen molar-refractivity contribution in [2.24, 2.45) is 4.99 Å². The first kappa shape index (κ1) is 23.7. The fraction of sp³-hybridized carbons (Fsp3) is 0.179. The molecule has 3 aromatic carbocycles. The van der Waals surface area contributed by atoms with Gasteiger partial charge in [0.1, 0.15) is 0 Å². The predicted molar refractivity (Wildman–Crippen MR) is 147 cm³/mol. The normalized spacial score (nSPS) is 17.1. The number of nitrogens with zero attached hydrogens (tertiary/aromatic N) is 2. The fourth-order valence-electron chi connectivity index (χ4n) is 4.43. The number of carbonyl (C=O) groups is 2. The predicted octanol–water partition coefficient (Wildman–Crippen LogP) is 6.09. The molecule has 2 aliphatic rings. The van der Waals surface area contributed by atoms with Crippen LogP contribution in [0.25, 0.3) is 0 Å². The summed E-state index contributed by atoms with van der Waals surface area (Å²) in [5.41, 5.74) is 4.32. The second kappa shape index (κ2) is 10.7. The highest BCUT2D eigenvalue weighted by atomic mass is 32.2. The van der Waals surface area contributed by atoms with Gasteiger partial charge >= 0.3 is 6.03 Å². The largest absolute Gasteiger partial charge is 0.340 e. The smallest absolute Gasteiger partial charge is 0.323 e. The number of fused-ring (bicyclic) bond motifs is 1. The molecule has 3 amide bonds. The number of amides is 3. The zero-order chi connectivity index (χ0) is 24.9. The molecule has 3 N–H and O–H groups in total. The van der Waals surface area contributed by atoms with E-state index < -0.39 is 0 Å². The number of hydrogen-bond donors (Lipinski definition) is 3. The van der Waals surface area contributed by atoms with Crippen LogP contribution in [0.3, 0.4) is 0 Å². The zero-order valence-electron chi connectivity index (χ0n) is 19.9. The van der Waals surface area contributed by atoms with Crippen LogP contribution < -0.4 is 16.0 Å². The number of aliphatic imine (C=N–C) groups is 1. The Morgan fingerprint density at radius 2 is 1.50 bits per heavy atom. The van der Waals surface area contributed by atoms with Crippen molar-refractivity contribution in [2.45, 2.75) is 19.4 Å². The number of thioether (sulfide) groups is 1. The zero-order valence-corrected chi connectivity index (χ0v) is 20.7. The summed E-state index contributed by atoms with van der Waals surface area (Å²) >= 11 is 1.71. The summed E-state index contributed by atoms with van der Waals surface area (Å²) < 4.78 is 0. The van der Waals surface area contributed by atoms with Gasteiger partial charge in [-0.25, -0.2) is 9.79 Å². The standard InChI is InChI=1S/C28H27N5O2S/c1-19-24(26(34)30-21-11-4-2-5-12-21)25(33-16-9-17-36-28(33)29-19)20-10-8-15-23(18-20)32-27(35)31-22-13-6-3-7-14-22/h2-8,10-15,18,25H,9,16-17H2,1H3,(H,30,34)(H2,31,32,35). The molecule has 1 fully saturated rings. The van der Waals surface area contributed by atoms with E-state index in [0.717, 1.165) is 35.1 Å². The molecule has 0 bridgehead atoms. The third kappa shape index (κ3) is 5.28. The van der Waals surface area contributed by atoms with Gasteiger partial charge in [-0.2, -0.15) is 0 Å². The highest BCUT2D eigenvalue weighted by molar-refractivity contribution is 8.13. The maximum absolute atomic E-state index is 13.6. The molecule has 182 valence electrons. The summed E-state index contributed by atoms with van der Waals surface area (Å²) in [5, 5.41) is 9.72. The number of benzene rings is 3. The minimum absolute atomic E-state index is 0.178. The highest BCUT2D eigenvalue weighted by Crippen LogP contribution is 2.40. The Balaban J connectivity index is 1.44. The minimum Gasteiger partial charge on any atom is -0.340 e. The molecule has 1 atom stereocenters. The Morgan fingerprint density at radius 3 is 2.22 bits per heavy atom. The Hall–Kier alpha value is -4.04. The number of para-hydroxylation sites is 2. The van der Waals surface area contributed by atoms with Crippen molar-refractivity contribution in [3.05, 3.63) is 102 Å². The second-order valence-corrected chi connectivity index (χ2v) is 9.64. The third-order valence-corrected chi connectivity index (χ3v) is 7.10. The molecule has 7 nitrogen and oxygen atoms in total. The average Bonchev–Trinajstić information content (AvgIpc) is 2.89. The van der Waals surface area contributed by atoms with E-state index in [2.05, 4.69) is 20.9 Å². The lowest BCUT2D eigenvalue weighted by molar-refractivity contribution is -0.113. The SMILES string of the molecule is CC1=C(C(=O)Nc2ccccc2)C(c2cccc(NC(=O)Nc3ccccc3)c2)N2CCCSC2=N1. The number of rotatable bonds is 5. The molecule has 1 saturated heterocycles. The molecule has 0 aliphatic carbocycles. The van der Waals surface area contributed by atoms with Gasteiger partial charge in [0, 0.05) is 29.4 Å². The highest BCUT2D eigenvalue weighted by Gasteiger charge is 2.37. The third-order valence-electron chi connectivity index (χ3n) is 6.03. The molecule has 2 aliphatic heterocycles. The van der Waals surface area contributed by atoms with Crippen LogP contribution in [0.2, 0.25) is 0 Å². The van der Waals surface area contributed by atoms with Crippen molar-refractivity contribution in [2.75, 3.05) is 28.2 Å². The van der Waals surface area contributed by atoms with Gasteiger partial charge in [0.15, 0.2) is 5.17 Å². The molecule has 0 saturated carbocycles. The van der Waals surface area contributed by atoms with Crippen molar-refractivity contribution in [1.82, 2.24) is 4.90 Å². The van der Waals surface area contributed by atoms with E-state index in [9.17, 15) is 9.59 Å². The molecule has 0 aromatic heterocycles. The van der Waals surface area contributed by atoms with E-state index in [1.165, 1.54) is 0 Å². The minimum atomic E-state index is -0.327. The average molecular weight is 498 g/mol. The molecule has 1 unspecified atom stereocenters. The van der Waals surface area contributed by atoms with Gasteiger partial charge in [-0.1, -0.05) is 60.3 Å². The Bertz CT molecular complexity index is 1320. The number of urea groups is 1. The fourth-order valence-corrected chi connectivity index (χ4v) is 5.45. The van der Waals surface area contributed by atoms with E-state index >= 15 is 0 Å². The first-order valence-corrected chi connectivity index (χ1v) is 12.9. The van der Waals surface area contributed by atoms with Crippen LogP contribution in [0.5, 0.6) is 0 Å². The Labute approximate surface area is 214 Å². The Kier molecular flexibility index (Phi) is 7.04. The van der Waals surface area contributed by atoms with Crippen molar-refractivity contribution in [3.63, 3.8) is 0 Å². The molecule has 0 radical (unpaired) electrons. The molecule has 0 spiro atoms. The van der Waals surface area contributed by atoms with Gasteiger partial charge in [0.2, 0.25) is 0 Å². The quantitative estimate of drug-likeness (QED) is 0.398. The molecule has 3 aromatic rings. The summed E-state index contributed by atoms with van der Waals surface area (Å²) in [6.45, 7) is 2.69. The van der Waals surface area contributed by atoms with E-state index in [-0.39, 0.29) is 18.0 Å². The number of nitrogens with one attached hydrogen (secondary N) is 3. The van der Waals surface area contributed by atoms with Crippen LogP contribution >= 0.6 is 11.8 Å². The number of anilines is 3. The van der Waals surface area contributed by atoms with Gasteiger partial charge in [-0.05, 0) is 55.3 Å². The summed E-state index contributed by atoms with van der Waals surface area (Å²) in [4.78, 5) is 33.1. The lowest BCUT2D eigenvalue weighted by Gasteiger charge is -2.41. The lowest BCUT2D eigenvalue weighted by Crippen LogP contribution is -2.43. The lowest BCUT2D eigenvalue weighted by atomic mass is 9.93. The maximum Gasteiger partial charge on any atom is 0.323 e. The number of allylic oxidation sites excluding steroid dienone is 1. The summed E-state index contributed by atoms with van der Waals surface area (Å²) in [6, 6.07) is 25.8. The number of hydrogen-bond acceptors (Lipinski definition) is 5. The molecular formula is C28H27N5O2S. The molecule has 8 heteroatoms. The summed E-state index contributed by atoms with van der Waals surface area (Å²) in [7, 11) is 0. The van der Waals surface area contributed by atoms with Gasteiger partial charge in [-0.15, -0.1) is 0 Å². The van der Waals surface area contributed by atoms with Crippen LogP contribution in [0, 0.1) is 0 Å². The van der Waals surface area contributed by atoms with Gasteiger partial charge in [0.05, 0.1) is 17.3 Å². The van der Waals surface area contributed by atoms with Crippen molar-refractivity contribution in [3.8, 4) is 0 Å². The van der Waals surface area contributed by atoms with Crippen molar-refractivity contribution in [1.29, 1.82) is 0 Å². The van der Waals surface area contributed by atoms with Crippen LogP contribution in [0.15, 0.2) is 101 Å². The van der Waals surface area contributed by atoms with Crippen LogP contribution in [0.1, 0.15) is 24.9 Å². The van der Waals surface area contributed by atoms with Crippen LogP contribution in [0.4, 0.5) is 21.9 Å². The Morgan fingerprint density at radius 1 is 0.861 bits per heavy atom. The van der Waals surface area contributed by atoms with Gasteiger partial charge in [0.25, 0.3) is 5.91 Å². The van der Waals surface area contributed by atoms with Gasteiger partial charge < -0.3 is 20.9 Å².